The number of benzene rings is 1. The van der Waals surface area contributed by atoms with Gasteiger partial charge in [-0.05, 0) is 49.9 Å². The van der Waals surface area contributed by atoms with E-state index in [1.54, 1.807) is 18.3 Å². The van der Waals surface area contributed by atoms with Crippen LogP contribution in [0.2, 0.25) is 0 Å². The largest absolute Gasteiger partial charge is 0.318 e. The van der Waals surface area contributed by atoms with E-state index in [1.807, 2.05) is 48.9 Å². The quantitative estimate of drug-likeness (QED) is 0.387. The molecule has 0 fully saturated rings. The van der Waals surface area contributed by atoms with E-state index in [2.05, 4.69) is 10.5 Å². The number of aryl methyl sites for hydroxylation is 2. The van der Waals surface area contributed by atoms with Crippen LogP contribution in [-0.2, 0) is 11.2 Å². The summed E-state index contributed by atoms with van der Waals surface area (Å²) in [5.41, 5.74) is 7.08. The second-order valence-corrected chi connectivity index (χ2v) is 7.47. The molecule has 0 saturated heterocycles. The number of aromatic nitrogens is 1. The first-order valence-corrected chi connectivity index (χ1v) is 9.53. The van der Waals surface area contributed by atoms with Crippen molar-refractivity contribution in [1.29, 1.82) is 0 Å². The Hall–Kier alpha value is -3.26. The van der Waals surface area contributed by atoms with Crippen LogP contribution in [0, 0.1) is 30.9 Å². The highest BCUT2D eigenvalue weighted by atomic mass is 32.1. The number of hydrazone groups is 1. The van der Waals surface area contributed by atoms with Crippen molar-refractivity contribution >= 4 is 29.1 Å². The molecule has 7 nitrogen and oxygen atoms in total. The highest BCUT2D eigenvalue weighted by Gasteiger charge is 2.14. The Kier molecular flexibility index (Phi) is 5.70. The SMILES string of the molecule is Cc1cc([N+](=O)[O-])ccc1-n1c(C)cc(/C=N\NC(=O)Cc2cccs2)c1C. The van der Waals surface area contributed by atoms with Crippen LogP contribution >= 0.6 is 11.3 Å². The van der Waals surface area contributed by atoms with Gasteiger partial charge < -0.3 is 4.57 Å². The molecule has 0 saturated carbocycles. The number of thiophene rings is 1. The Bertz CT molecular complexity index is 1050. The number of hydrogen-bond donors (Lipinski definition) is 1. The molecule has 0 unspecified atom stereocenters. The molecular weight excluding hydrogens is 376 g/mol. The van der Waals surface area contributed by atoms with Gasteiger partial charge in [-0.3, -0.25) is 14.9 Å². The van der Waals surface area contributed by atoms with Crippen molar-refractivity contribution in [3.63, 3.8) is 0 Å². The van der Waals surface area contributed by atoms with E-state index in [0.29, 0.717) is 6.42 Å². The van der Waals surface area contributed by atoms with Crippen molar-refractivity contribution in [2.45, 2.75) is 27.2 Å². The third kappa shape index (κ3) is 4.17. The van der Waals surface area contributed by atoms with Crippen molar-refractivity contribution < 1.29 is 9.72 Å². The summed E-state index contributed by atoms with van der Waals surface area (Å²) in [6, 6.07) is 10.6. The average molecular weight is 396 g/mol. The summed E-state index contributed by atoms with van der Waals surface area (Å²) >= 11 is 1.53. The van der Waals surface area contributed by atoms with E-state index in [-0.39, 0.29) is 11.6 Å². The lowest BCUT2D eigenvalue weighted by molar-refractivity contribution is -0.384. The molecule has 0 bridgehead atoms. The Balaban J connectivity index is 1.78. The van der Waals surface area contributed by atoms with Gasteiger partial charge in [-0.25, -0.2) is 5.43 Å². The molecule has 2 heterocycles. The van der Waals surface area contributed by atoms with Gasteiger partial charge in [0.25, 0.3) is 5.69 Å². The maximum atomic E-state index is 11.9. The second kappa shape index (κ2) is 8.18. The van der Waals surface area contributed by atoms with Crippen molar-refractivity contribution in [2.75, 3.05) is 0 Å². The molecule has 0 radical (unpaired) electrons. The predicted molar refractivity (Wildman–Crippen MR) is 110 cm³/mol. The van der Waals surface area contributed by atoms with Gasteiger partial charge in [-0.15, -0.1) is 11.3 Å². The highest BCUT2D eigenvalue weighted by Crippen LogP contribution is 2.25. The molecule has 1 N–H and O–H groups in total. The number of carbonyl (C=O) groups excluding carboxylic acids is 1. The standard InChI is InChI=1S/C20H20N4O3S/c1-13-9-17(24(26)27)6-7-19(13)23-14(2)10-16(15(23)3)12-21-22-20(25)11-18-5-4-8-28-18/h4-10,12H,11H2,1-3H3,(H,22,25)/b21-12-. The van der Waals surface area contributed by atoms with Crippen molar-refractivity contribution in [3.8, 4) is 5.69 Å². The zero-order chi connectivity index (χ0) is 20.3. The molecule has 0 atom stereocenters. The third-order valence-corrected chi connectivity index (χ3v) is 5.29. The third-order valence-electron chi connectivity index (χ3n) is 4.41. The van der Waals surface area contributed by atoms with Gasteiger partial charge in [0.1, 0.15) is 0 Å². The van der Waals surface area contributed by atoms with Crippen LogP contribution in [0.5, 0.6) is 0 Å². The number of rotatable bonds is 6. The molecule has 0 aliphatic heterocycles. The highest BCUT2D eigenvalue weighted by molar-refractivity contribution is 7.10. The van der Waals surface area contributed by atoms with Crippen molar-refractivity contribution in [1.82, 2.24) is 9.99 Å². The van der Waals surface area contributed by atoms with Gasteiger partial charge in [-0.1, -0.05) is 6.07 Å². The van der Waals surface area contributed by atoms with Crippen LogP contribution < -0.4 is 5.43 Å². The minimum Gasteiger partial charge on any atom is -0.318 e. The minimum atomic E-state index is -0.400. The summed E-state index contributed by atoms with van der Waals surface area (Å²) in [5.74, 6) is -0.168. The van der Waals surface area contributed by atoms with Gasteiger partial charge in [0.2, 0.25) is 5.91 Å². The van der Waals surface area contributed by atoms with Crippen LogP contribution in [0.25, 0.3) is 5.69 Å². The molecular formula is C20H20N4O3S. The fourth-order valence-corrected chi connectivity index (χ4v) is 3.78. The van der Waals surface area contributed by atoms with Crippen LogP contribution in [0.1, 0.15) is 27.4 Å². The number of carbonyl (C=O) groups is 1. The fourth-order valence-electron chi connectivity index (χ4n) is 3.08. The minimum absolute atomic E-state index is 0.0685. The molecule has 3 aromatic rings. The first-order chi connectivity index (χ1) is 13.4. The van der Waals surface area contributed by atoms with Crippen molar-refractivity contribution in [2.24, 2.45) is 5.10 Å². The molecule has 144 valence electrons. The van der Waals surface area contributed by atoms with E-state index in [0.717, 1.165) is 33.1 Å². The fraction of sp³-hybridized carbons (Fsp3) is 0.200. The monoisotopic (exact) mass is 396 g/mol. The smallest absolute Gasteiger partial charge is 0.269 e. The molecule has 1 aromatic carbocycles. The van der Waals surface area contributed by atoms with Crippen LogP contribution in [-0.4, -0.2) is 21.6 Å². The van der Waals surface area contributed by atoms with E-state index >= 15 is 0 Å². The molecule has 0 spiro atoms. The molecule has 8 heteroatoms. The number of nitrogens with one attached hydrogen (secondary N) is 1. The molecule has 1 amide bonds. The predicted octanol–water partition coefficient (Wildman–Crippen LogP) is 4.07. The Morgan fingerprint density at radius 3 is 2.71 bits per heavy atom. The maximum absolute atomic E-state index is 11.9. The Labute approximate surface area is 166 Å². The molecule has 2 aromatic heterocycles. The van der Waals surface area contributed by atoms with E-state index in [9.17, 15) is 14.9 Å². The summed E-state index contributed by atoms with van der Waals surface area (Å²) in [5, 5.41) is 17.0. The summed E-state index contributed by atoms with van der Waals surface area (Å²) < 4.78 is 2.02. The number of amides is 1. The van der Waals surface area contributed by atoms with Gasteiger partial charge >= 0.3 is 0 Å². The van der Waals surface area contributed by atoms with Crippen molar-refractivity contribution in [3.05, 3.63) is 79.3 Å². The first kappa shape index (κ1) is 19.5. The lowest BCUT2D eigenvalue weighted by Gasteiger charge is -2.12. The summed E-state index contributed by atoms with van der Waals surface area (Å²) in [6.07, 6.45) is 1.92. The van der Waals surface area contributed by atoms with Gasteiger partial charge in [0.15, 0.2) is 0 Å². The number of hydrogen-bond acceptors (Lipinski definition) is 5. The van der Waals surface area contributed by atoms with E-state index in [4.69, 9.17) is 0 Å². The number of nitro benzene ring substituents is 1. The second-order valence-electron chi connectivity index (χ2n) is 6.44. The summed E-state index contributed by atoms with van der Waals surface area (Å²) in [6.45, 7) is 5.75. The van der Waals surface area contributed by atoms with E-state index in [1.165, 1.54) is 17.4 Å². The molecule has 28 heavy (non-hydrogen) atoms. The topological polar surface area (TPSA) is 89.5 Å². The van der Waals surface area contributed by atoms with Gasteiger partial charge in [-0.2, -0.15) is 5.10 Å². The normalized spacial score (nSPS) is 11.1. The number of nitrogens with zero attached hydrogens (tertiary/aromatic N) is 3. The lowest BCUT2D eigenvalue weighted by Crippen LogP contribution is -2.19. The Morgan fingerprint density at radius 1 is 1.29 bits per heavy atom. The van der Waals surface area contributed by atoms with E-state index < -0.39 is 4.92 Å². The molecule has 0 aliphatic rings. The average Bonchev–Trinajstić information content (AvgIpc) is 3.23. The lowest BCUT2D eigenvalue weighted by atomic mass is 10.1. The summed E-state index contributed by atoms with van der Waals surface area (Å²) in [4.78, 5) is 23.5. The van der Waals surface area contributed by atoms with Gasteiger partial charge in [0, 0.05) is 39.6 Å². The van der Waals surface area contributed by atoms with Crippen LogP contribution in [0.3, 0.4) is 0 Å². The zero-order valence-corrected chi connectivity index (χ0v) is 16.6. The first-order valence-electron chi connectivity index (χ1n) is 8.65. The number of nitro groups is 1. The van der Waals surface area contributed by atoms with Gasteiger partial charge in [0.05, 0.1) is 17.6 Å². The maximum Gasteiger partial charge on any atom is 0.269 e. The summed E-state index contributed by atoms with van der Waals surface area (Å²) in [7, 11) is 0. The molecule has 0 aliphatic carbocycles. The van der Waals surface area contributed by atoms with Crippen LogP contribution in [0.4, 0.5) is 5.69 Å². The number of non-ortho nitro benzene ring substituents is 1. The van der Waals surface area contributed by atoms with Crippen LogP contribution in [0.15, 0.2) is 46.9 Å². The Morgan fingerprint density at radius 2 is 2.07 bits per heavy atom. The zero-order valence-electron chi connectivity index (χ0n) is 15.8. The molecule has 3 rings (SSSR count).